The number of rotatable bonds is 8. The van der Waals surface area contributed by atoms with Gasteiger partial charge >= 0.3 is 6.09 Å². The number of carbonyl (C=O) groups is 2. The molecule has 0 aliphatic carbocycles. The Kier molecular flexibility index (Phi) is 8.16. The third-order valence-corrected chi connectivity index (χ3v) is 6.59. The van der Waals surface area contributed by atoms with Gasteiger partial charge in [-0.25, -0.2) is 4.79 Å². The quantitative estimate of drug-likeness (QED) is 0.319. The number of amides is 2. The number of ether oxygens (including phenoxy) is 2. The number of aromatic nitrogens is 2. The first kappa shape index (κ1) is 26.0. The molecule has 1 aliphatic heterocycles. The first-order chi connectivity index (χ1) is 19.1. The molecular formula is C30H30N4O5. The third-order valence-electron chi connectivity index (χ3n) is 6.59. The lowest BCUT2D eigenvalue weighted by molar-refractivity contribution is 0.0322. The first-order valence-corrected chi connectivity index (χ1v) is 12.9. The zero-order valence-corrected chi connectivity index (χ0v) is 21.7. The van der Waals surface area contributed by atoms with Crippen LogP contribution in [-0.4, -0.2) is 64.2 Å². The Hall–Kier alpha value is -4.66. The van der Waals surface area contributed by atoms with Crippen LogP contribution < -0.4 is 4.74 Å². The largest absolute Gasteiger partial charge is 0.494 e. The van der Waals surface area contributed by atoms with Gasteiger partial charge < -0.3 is 23.8 Å². The predicted octanol–water partition coefficient (Wildman–Crippen LogP) is 4.98. The predicted molar refractivity (Wildman–Crippen MR) is 144 cm³/mol. The minimum atomic E-state index is -0.401. The van der Waals surface area contributed by atoms with Crippen molar-refractivity contribution < 1.29 is 23.6 Å². The van der Waals surface area contributed by atoms with E-state index in [1.54, 1.807) is 28.9 Å². The molecule has 0 bridgehead atoms. The molecule has 2 heterocycles. The number of nitrogens with zero attached hydrogens (tertiary/aromatic N) is 4. The van der Waals surface area contributed by atoms with Crippen molar-refractivity contribution in [1.29, 1.82) is 0 Å². The maximum absolute atomic E-state index is 13.9. The highest BCUT2D eigenvalue weighted by molar-refractivity contribution is 6.00. The van der Waals surface area contributed by atoms with E-state index in [4.69, 9.17) is 14.0 Å². The van der Waals surface area contributed by atoms with Crippen LogP contribution in [0.5, 0.6) is 5.75 Å². The molecule has 1 aliphatic rings. The summed E-state index contributed by atoms with van der Waals surface area (Å²) in [6.07, 6.45) is 0.131. The van der Waals surface area contributed by atoms with E-state index in [1.165, 1.54) is 0 Å². The van der Waals surface area contributed by atoms with Crippen LogP contribution in [-0.2, 0) is 11.3 Å². The molecule has 1 aromatic heterocycles. The second-order valence-corrected chi connectivity index (χ2v) is 9.28. The highest BCUT2D eigenvalue weighted by Gasteiger charge is 2.34. The third kappa shape index (κ3) is 6.43. The van der Waals surface area contributed by atoms with Crippen molar-refractivity contribution in [2.45, 2.75) is 26.0 Å². The molecule has 0 N–H and O–H groups in total. The van der Waals surface area contributed by atoms with Crippen molar-refractivity contribution in [1.82, 2.24) is 19.9 Å². The van der Waals surface area contributed by atoms with E-state index < -0.39 is 6.09 Å². The van der Waals surface area contributed by atoms with Crippen LogP contribution in [0.1, 0.15) is 28.2 Å². The first-order valence-electron chi connectivity index (χ1n) is 12.9. The molecule has 9 heteroatoms. The molecule has 2 amide bonds. The Labute approximate surface area is 227 Å². The second kappa shape index (κ2) is 12.3. The molecule has 39 heavy (non-hydrogen) atoms. The van der Waals surface area contributed by atoms with Crippen molar-refractivity contribution in [3.63, 3.8) is 0 Å². The number of hydrogen-bond donors (Lipinski definition) is 0. The molecule has 1 unspecified atom stereocenters. The van der Waals surface area contributed by atoms with Gasteiger partial charge in [0.05, 0.1) is 23.8 Å². The molecule has 1 fully saturated rings. The van der Waals surface area contributed by atoms with E-state index in [0.29, 0.717) is 55.5 Å². The van der Waals surface area contributed by atoms with Gasteiger partial charge in [-0.3, -0.25) is 4.79 Å². The lowest BCUT2D eigenvalue weighted by Gasteiger charge is -2.41. The number of piperazine rings is 1. The summed E-state index contributed by atoms with van der Waals surface area (Å²) in [5.74, 6) is 1.38. The van der Waals surface area contributed by atoms with E-state index >= 15 is 0 Å². The number of hydrogen-bond acceptors (Lipinski definition) is 7. The Morgan fingerprint density at radius 1 is 0.949 bits per heavy atom. The van der Waals surface area contributed by atoms with Crippen molar-refractivity contribution in [2.24, 2.45) is 0 Å². The van der Waals surface area contributed by atoms with E-state index in [0.717, 1.165) is 11.3 Å². The number of carbonyl (C=O) groups excluding carboxylic acids is 2. The van der Waals surface area contributed by atoms with E-state index in [-0.39, 0.29) is 18.6 Å². The van der Waals surface area contributed by atoms with E-state index in [2.05, 4.69) is 10.1 Å². The molecule has 3 aromatic carbocycles. The van der Waals surface area contributed by atoms with Gasteiger partial charge in [0.1, 0.15) is 12.4 Å². The van der Waals surface area contributed by atoms with E-state index in [1.807, 2.05) is 72.8 Å². The van der Waals surface area contributed by atoms with Crippen LogP contribution in [0, 0.1) is 6.92 Å². The maximum Gasteiger partial charge on any atom is 0.410 e. The average Bonchev–Trinajstić information content (AvgIpc) is 3.42. The van der Waals surface area contributed by atoms with Gasteiger partial charge in [0.25, 0.3) is 11.8 Å². The number of aryl methyl sites for hydroxylation is 1. The van der Waals surface area contributed by atoms with Gasteiger partial charge in [-0.2, -0.15) is 4.98 Å². The molecule has 9 nitrogen and oxygen atoms in total. The molecular weight excluding hydrogens is 496 g/mol. The van der Waals surface area contributed by atoms with Crippen LogP contribution in [0.3, 0.4) is 0 Å². The highest BCUT2D eigenvalue weighted by atomic mass is 16.6. The molecule has 0 spiro atoms. The molecule has 5 rings (SSSR count). The normalized spacial score (nSPS) is 15.2. The highest BCUT2D eigenvalue weighted by Crippen LogP contribution is 2.26. The standard InChI is InChI=1S/C30H30N4O5/c1-22-31-28(39-32-22)26-14-8-9-15-27(26)29(35)34-18-17-33(30(36)38-21-23-10-4-2-5-11-23)20-24(34)16-19-37-25-12-6-3-7-13-25/h2-15,24H,16-21H2,1H3. The summed E-state index contributed by atoms with van der Waals surface area (Å²) in [7, 11) is 0. The molecule has 1 saturated heterocycles. The Balaban J connectivity index is 1.32. The van der Waals surface area contributed by atoms with Gasteiger partial charge in [0.15, 0.2) is 5.82 Å². The number of para-hydroxylation sites is 1. The summed E-state index contributed by atoms with van der Waals surface area (Å²) in [5, 5.41) is 3.87. The summed E-state index contributed by atoms with van der Waals surface area (Å²) in [6.45, 7) is 3.35. The van der Waals surface area contributed by atoms with Crippen LogP contribution >= 0.6 is 0 Å². The van der Waals surface area contributed by atoms with Gasteiger partial charge in [-0.15, -0.1) is 0 Å². The zero-order valence-electron chi connectivity index (χ0n) is 21.7. The number of benzene rings is 3. The average molecular weight is 527 g/mol. The summed E-state index contributed by atoms with van der Waals surface area (Å²) in [6, 6.07) is 26.0. The SMILES string of the molecule is Cc1noc(-c2ccccc2C(=O)N2CCN(C(=O)OCc3ccccc3)CC2CCOc2ccccc2)n1. The van der Waals surface area contributed by atoms with Crippen LogP contribution in [0.15, 0.2) is 89.5 Å². The van der Waals surface area contributed by atoms with Crippen molar-refractivity contribution in [3.05, 3.63) is 102 Å². The zero-order chi connectivity index (χ0) is 27.0. The smallest absolute Gasteiger partial charge is 0.410 e. The summed E-state index contributed by atoms with van der Waals surface area (Å²) < 4.78 is 16.9. The van der Waals surface area contributed by atoms with Gasteiger partial charge in [-0.05, 0) is 36.8 Å². The molecule has 4 aromatic rings. The summed E-state index contributed by atoms with van der Waals surface area (Å²) >= 11 is 0. The lowest BCUT2D eigenvalue weighted by Crippen LogP contribution is -2.57. The minimum Gasteiger partial charge on any atom is -0.494 e. The van der Waals surface area contributed by atoms with Gasteiger partial charge in [-0.1, -0.05) is 65.8 Å². The molecule has 0 radical (unpaired) electrons. The fraction of sp³-hybridized carbons (Fsp3) is 0.267. The fourth-order valence-electron chi connectivity index (χ4n) is 4.59. The molecule has 200 valence electrons. The van der Waals surface area contributed by atoms with Gasteiger partial charge in [0, 0.05) is 26.1 Å². The summed E-state index contributed by atoms with van der Waals surface area (Å²) in [5.41, 5.74) is 1.96. The molecule has 0 saturated carbocycles. The fourth-order valence-corrected chi connectivity index (χ4v) is 4.59. The van der Waals surface area contributed by atoms with Crippen LogP contribution in [0.25, 0.3) is 11.5 Å². The van der Waals surface area contributed by atoms with E-state index in [9.17, 15) is 9.59 Å². The Morgan fingerprint density at radius 2 is 1.67 bits per heavy atom. The monoisotopic (exact) mass is 526 g/mol. The second-order valence-electron chi connectivity index (χ2n) is 9.28. The maximum atomic E-state index is 13.9. The minimum absolute atomic E-state index is 0.163. The van der Waals surface area contributed by atoms with Crippen molar-refractivity contribution >= 4 is 12.0 Å². The molecule has 1 atom stereocenters. The lowest BCUT2D eigenvalue weighted by atomic mass is 10.0. The Morgan fingerprint density at radius 3 is 2.41 bits per heavy atom. The topological polar surface area (TPSA) is 98.0 Å². The van der Waals surface area contributed by atoms with Crippen molar-refractivity contribution in [2.75, 3.05) is 26.2 Å². The van der Waals surface area contributed by atoms with Crippen LogP contribution in [0.2, 0.25) is 0 Å². The van der Waals surface area contributed by atoms with Gasteiger partial charge in [0.2, 0.25) is 0 Å². The summed E-state index contributed by atoms with van der Waals surface area (Å²) in [4.78, 5) is 34.6. The van der Waals surface area contributed by atoms with Crippen molar-refractivity contribution in [3.8, 4) is 17.2 Å². The Bertz CT molecular complexity index is 1390. The van der Waals surface area contributed by atoms with Crippen LogP contribution in [0.4, 0.5) is 4.79 Å².